The van der Waals surface area contributed by atoms with Crippen molar-refractivity contribution in [3.63, 3.8) is 0 Å². The highest BCUT2D eigenvalue weighted by molar-refractivity contribution is 9.10. The predicted molar refractivity (Wildman–Crippen MR) is 69.2 cm³/mol. The molecule has 1 rings (SSSR count). The van der Waals surface area contributed by atoms with E-state index in [0.29, 0.717) is 6.54 Å². The maximum Gasteiger partial charge on any atom is 0.161 e. The van der Waals surface area contributed by atoms with Crippen molar-refractivity contribution in [2.45, 2.75) is 26.4 Å². The van der Waals surface area contributed by atoms with Crippen LogP contribution in [-0.4, -0.2) is 19.8 Å². The van der Waals surface area contributed by atoms with Gasteiger partial charge >= 0.3 is 0 Å². The molecule has 16 heavy (non-hydrogen) atoms. The average Bonchev–Trinajstić information content (AvgIpc) is 2.22. The summed E-state index contributed by atoms with van der Waals surface area (Å²) < 4.78 is 12.0. The number of benzene rings is 1. The van der Waals surface area contributed by atoms with Gasteiger partial charge in [-0.3, -0.25) is 0 Å². The Morgan fingerprint density at radius 3 is 2.50 bits per heavy atom. The van der Waals surface area contributed by atoms with E-state index in [4.69, 9.17) is 15.2 Å². The fourth-order valence-corrected chi connectivity index (χ4v) is 1.95. The van der Waals surface area contributed by atoms with Gasteiger partial charge in [-0.1, -0.05) is 15.9 Å². The quantitative estimate of drug-likeness (QED) is 0.906. The van der Waals surface area contributed by atoms with E-state index >= 15 is 0 Å². The van der Waals surface area contributed by atoms with Crippen molar-refractivity contribution < 1.29 is 9.47 Å². The zero-order valence-electron chi connectivity index (χ0n) is 9.92. The number of rotatable bonds is 5. The van der Waals surface area contributed by atoms with E-state index in [-0.39, 0.29) is 6.10 Å². The Labute approximate surface area is 105 Å². The van der Waals surface area contributed by atoms with E-state index in [2.05, 4.69) is 15.9 Å². The zero-order valence-corrected chi connectivity index (χ0v) is 11.5. The molecule has 90 valence electrons. The van der Waals surface area contributed by atoms with Crippen LogP contribution in [-0.2, 0) is 6.42 Å². The Morgan fingerprint density at radius 1 is 1.31 bits per heavy atom. The van der Waals surface area contributed by atoms with E-state index in [0.717, 1.165) is 28.0 Å². The summed E-state index contributed by atoms with van der Waals surface area (Å²) >= 11 is 3.50. The lowest BCUT2D eigenvalue weighted by Crippen LogP contribution is -2.08. The summed E-state index contributed by atoms with van der Waals surface area (Å²) in [6.07, 6.45) is 0.944. The number of hydrogen-bond donors (Lipinski definition) is 1. The molecule has 0 aliphatic heterocycles. The highest BCUT2D eigenvalue weighted by atomic mass is 79.9. The molecular formula is C12H18BrNO2. The topological polar surface area (TPSA) is 44.5 Å². The molecule has 1 aromatic carbocycles. The fourth-order valence-electron chi connectivity index (χ4n) is 1.43. The molecule has 0 aromatic heterocycles. The third-order valence-corrected chi connectivity index (χ3v) is 2.85. The second-order valence-electron chi connectivity index (χ2n) is 3.80. The lowest BCUT2D eigenvalue weighted by molar-refractivity contribution is 0.230. The first kappa shape index (κ1) is 13.3. The smallest absolute Gasteiger partial charge is 0.161 e. The van der Waals surface area contributed by atoms with Crippen LogP contribution < -0.4 is 15.2 Å². The van der Waals surface area contributed by atoms with Gasteiger partial charge in [0.1, 0.15) is 0 Å². The predicted octanol–water partition coefficient (Wildman–Crippen LogP) is 2.75. The van der Waals surface area contributed by atoms with Crippen LogP contribution in [0.1, 0.15) is 19.4 Å². The summed E-state index contributed by atoms with van der Waals surface area (Å²) in [4.78, 5) is 0. The molecule has 1 aromatic rings. The highest BCUT2D eigenvalue weighted by Crippen LogP contribution is 2.34. The van der Waals surface area contributed by atoms with Crippen LogP contribution in [0.25, 0.3) is 0 Å². The van der Waals surface area contributed by atoms with Crippen molar-refractivity contribution in [3.8, 4) is 11.5 Å². The molecular weight excluding hydrogens is 270 g/mol. The molecule has 0 fully saturated rings. The number of hydrogen-bond acceptors (Lipinski definition) is 3. The lowest BCUT2D eigenvalue weighted by Gasteiger charge is -2.15. The first-order valence-corrected chi connectivity index (χ1v) is 6.11. The molecule has 0 aliphatic carbocycles. The van der Waals surface area contributed by atoms with Gasteiger partial charge in [0.05, 0.1) is 13.2 Å². The summed E-state index contributed by atoms with van der Waals surface area (Å²) in [5.41, 5.74) is 6.70. The molecule has 3 nitrogen and oxygen atoms in total. The van der Waals surface area contributed by atoms with Gasteiger partial charge in [0.25, 0.3) is 0 Å². The summed E-state index contributed by atoms with van der Waals surface area (Å²) in [5.74, 6) is 1.51. The van der Waals surface area contributed by atoms with Crippen molar-refractivity contribution >= 4 is 15.9 Å². The molecule has 0 saturated carbocycles. The highest BCUT2D eigenvalue weighted by Gasteiger charge is 2.10. The van der Waals surface area contributed by atoms with E-state index in [9.17, 15) is 0 Å². The number of nitrogens with two attached hydrogens (primary N) is 1. The first-order chi connectivity index (χ1) is 7.58. The molecule has 0 saturated heterocycles. The number of methoxy groups -OCH3 is 1. The lowest BCUT2D eigenvalue weighted by atomic mass is 10.1. The van der Waals surface area contributed by atoms with Crippen molar-refractivity contribution in [1.29, 1.82) is 0 Å². The second kappa shape index (κ2) is 6.11. The van der Waals surface area contributed by atoms with Gasteiger partial charge in [0.2, 0.25) is 0 Å². The van der Waals surface area contributed by atoms with Crippen molar-refractivity contribution in [2.24, 2.45) is 5.73 Å². The van der Waals surface area contributed by atoms with Crippen LogP contribution in [0.5, 0.6) is 11.5 Å². The Balaban J connectivity index is 3.07. The molecule has 0 atom stereocenters. The van der Waals surface area contributed by atoms with Crippen LogP contribution in [0.15, 0.2) is 16.6 Å². The van der Waals surface area contributed by atoms with Gasteiger partial charge in [-0.25, -0.2) is 0 Å². The van der Waals surface area contributed by atoms with E-state index in [1.807, 2.05) is 26.0 Å². The number of ether oxygens (including phenoxy) is 2. The maximum atomic E-state index is 5.69. The zero-order chi connectivity index (χ0) is 12.1. The standard InChI is InChI=1S/C12H18BrNO2/c1-8(2)16-12-6-9(4-5-14)10(13)7-11(12)15-3/h6-8H,4-5,14H2,1-3H3. The minimum Gasteiger partial charge on any atom is -0.493 e. The Kier molecular flexibility index (Phi) is 5.09. The van der Waals surface area contributed by atoms with Gasteiger partial charge < -0.3 is 15.2 Å². The second-order valence-corrected chi connectivity index (χ2v) is 4.65. The Bertz CT molecular complexity index is 353. The largest absolute Gasteiger partial charge is 0.493 e. The van der Waals surface area contributed by atoms with Crippen molar-refractivity contribution in [3.05, 3.63) is 22.2 Å². The maximum absolute atomic E-state index is 5.69. The third-order valence-electron chi connectivity index (χ3n) is 2.11. The summed E-state index contributed by atoms with van der Waals surface area (Å²) in [7, 11) is 1.64. The fraction of sp³-hybridized carbons (Fsp3) is 0.500. The Morgan fingerprint density at radius 2 is 2.00 bits per heavy atom. The third kappa shape index (κ3) is 3.39. The van der Waals surface area contributed by atoms with Gasteiger partial charge in [0, 0.05) is 4.47 Å². The molecule has 0 heterocycles. The molecule has 0 spiro atoms. The van der Waals surface area contributed by atoms with Crippen LogP contribution in [0.3, 0.4) is 0 Å². The van der Waals surface area contributed by atoms with E-state index in [1.54, 1.807) is 7.11 Å². The van der Waals surface area contributed by atoms with Gasteiger partial charge in [0.15, 0.2) is 11.5 Å². The van der Waals surface area contributed by atoms with Gasteiger partial charge in [-0.2, -0.15) is 0 Å². The van der Waals surface area contributed by atoms with Crippen molar-refractivity contribution in [1.82, 2.24) is 0 Å². The minimum absolute atomic E-state index is 0.126. The van der Waals surface area contributed by atoms with Gasteiger partial charge in [-0.15, -0.1) is 0 Å². The molecule has 0 aliphatic rings. The average molecular weight is 288 g/mol. The van der Waals surface area contributed by atoms with Crippen LogP contribution in [0.4, 0.5) is 0 Å². The summed E-state index contributed by atoms with van der Waals surface area (Å²) in [6, 6.07) is 3.90. The number of halogens is 1. The van der Waals surface area contributed by atoms with E-state index < -0.39 is 0 Å². The molecule has 0 radical (unpaired) electrons. The van der Waals surface area contributed by atoms with Gasteiger partial charge in [-0.05, 0) is 44.5 Å². The first-order valence-electron chi connectivity index (χ1n) is 5.31. The Hall–Kier alpha value is -0.740. The normalized spacial score (nSPS) is 10.6. The summed E-state index contributed by atoms with van der Waals surface area (Å²) in [6.45, 7) is 4.60. The minimum atomic E-state index is 0.126. The molecule has 2 N–H and O–H groups in total. The summed E-state index contributed by atoms with van der Waals surface area (Å²) in [5, 5.41) is 0. The van der Waals surface area contributed by atoms with Crippen LogP contribution >= 0.6 is 15.9 Å². The molecule has 0 bridgehead atoms. The van der Waals surface area contributed by atoms with Crippen LogP contribution in [0.2, 0.25) is 0 Å². The molecule has 4 heteroatoms. The van der Waals surface area contributed by atoms with Crippen LogP contribution in [0, 0.1) is 0 Å². The van der Waals surface area contributed by atoms with E-state index in [1.165, 1.54) is 0 Å². The molecule has 0 amide bonds. The SMILES string of the molecule is COc1cc(Br)c(CCN)cc1OC(C)C. The molecule has 0 unspecified atom stereocenters. The van der Waals surface area contributed by atoms with Crippen molar-refractivity contribution in [2.75, 3.05) is 13.7 Å². The monoisotopic (exact) mass is 287 g/mol.